The van der Waals surface area contributed by atoms with Crippen molar-refractivity contribution in [3.05, 3.63) is 22.8 Å². The lowest BCUT2D eigenvalue weighted by molar-refractivity contribution is -0.138. The molecule has 0 unspecified atom stereocenters. The van der Waals surface area contributed by atoms with Gasteiger partial charge in [-0.05, 0) is 18.9 Å². The second-order valence-corrected chi connectivity index (χ2v) is 6.68. The van der Waals surface area contributed by atoms with E-state index >= 15 is 0 Å². The summed E-state index contributed by atoms with van der Waals surface area (Å²) < 4.78 is 38.1. The molecule has 0 bridgehead atoms. The first-order valence-electron chi connectivity index (χ1n) is 8.68. The van der Waals surface area contributed by atoms with Gasteiger partial charge in [0.05, 0.1) is 10.6 Å². The molecule has 0 saturated carbocycles. The van der Waals surface area contributed by atoms with Crippen molar-refractivity contribution in [2.75, 3.05) is 38.1 Å². The number of halogens is 4. The van der Waals surface area contributed by atoms with Gasteiger partial charge >= 0.3 is 6.18 Å². The molecule has 27 heavy (non-hydrogen) atoms. The normalized spacial score (nSPS) is 15.0. The quantitative estimate of drug-likeness (QED) is 0.738. The predicted octanol–water partition coefficient (Wildman–Crippen LogP) is 2.71. The van der Waals surface area contributed by atoms with E-state index in [1.165, 1.54) is 0 Å². The summed E-state index contributed by atoms with van der Waals surface area (Å²) in [7, 11) is 1.57. The third kappa shape index (κ3) is 5.98. The van der Waals surface area contributed by atoms with Crippen LogP contribution in [0.4, 0.5) is 19.0 Å². The number of piperazine rings is 1. The second-order valence-electron chi connectivity index (χ2n) is 6.28. The maximum atomic E-state index is 12.7. The van der Waals surface area contributed by atoms with Crippen molar-refractivity contribution < 1.29 is 22.8 Å². The highest BCUT2D eigenvalue weighted by Crippen LogP contribution is 2.33. The molecule has 1 fully saturated rings. The second kappa shape index (κ2) is 9.25. The SMILES string of the molecule is CNC(=O)CCCCC(=O)N1CCN(c2ncc(C(F)(F)F)cc2Cl)CC1. The van der Waals surface area contributed by atoms with Gasteiger partial charge in [0.1, 0.15) is 5.82 Å². The number of anilines is 1. The Balaban J connectivity index is 1.83. The van der Waals surface area contributed by atoms with Crippen LogP contribution < -0.4 is 10.2 Å². The van der Waals surface area contributed by atoms with Crippen molar-refractivity contribution in [2.45, 2.75) is 31.9 Å². The van der Waals surface area contributed by atoms with Crippen molar-refractivity contribution in [2.24, 2.45) is 0 Å². The third-order valence-corrected chi connectivity index (χ3v) is 4.68. The summed E-state index contributed by atoms with van der Waals surface area (Å²) in [6.07, 6.45) is -1.66. The summed E-state index contributed by atoms with van der Waals surface area (Å²) in [5.41, 5.74) is -0.887. The zero-order chi connectivity index (χ0) is 20.0. The predicted molar refractivity (Wildman–Crippen MR) is 95.6 cm³/mol. The third-order valence-electron chi connectivity index (χ3n) is 4.40. The van der Waals surface area contributed by atoms with Crippen LogP contribution in [0.2, 0.25) is 5.02 Å². The first-order chi connectivity index (χ1) is 12.7. The molecule has 0 atom stereocenters. The zero-order valence-electron chi connectivity index (χ0n) is 15.0. The molecule has 0 radical (unpaired) electrons. The van der Waals surface area contributed by atoms with E-state index in [9.17, 15) is 22.8 Å². The lowest BCUT2D eigenvalue weighted by atomic mass is 10.1. The number of unbranched alkanes of at least 4 members (excludes halogenated alkanes) is 1. The number of carbonyl (C=O) groups is 2. The summed E-state index contributed by atoms with van der Waals surface area (Å²) in [6.45, 7) is 1.80. The average molecular weight is 407 g/mol. The summed E-state index contributed by atoms with van der Waals surface area (Å²) in [5.74, 6) is 0.261. The number of alkyl halides is 3. The maximum absolute atomic E-state index is 12.7. The van der Waals surface area contributed by atoms with Crippen LogP contribution in [0.1, 0.15) is 31.2 Å². The maximum Gasteiger partial charge on any atom is 0.417 e. The lowest BCUT2D eigenvalue weighted by Gasteiger charge is -2.36. The van der Waals surface area contributed by atoms with Crippen molar-refractivity contribution in [3.63, 3.8) is 0 Å². The summed E-state index contributed by atoms with van der Waals surface area (Å²) in [4.78, 5) is 30.7. The number of aromatic nitrogens is 1. The van der Waals surface area contributed by atoms with Crippen LogP contribution in [-0.4, -0.2) is 54.9 Å². The monoisotopic (exact) mass is 406 g/mol. The number of rotatable bonds is 6. The number of amides is 2. The van der Waals surface area contributed by atoms with Crippen LogP contribution in [0, 0.1) is 0 Å². The van der Waals surface area contributed by atoms with E-state index in [4.69, 9.17) is 11.6 Å². The van der Waals surface area contributed by atoms with E-state index in [-0.39, 0.29) is 16.8 Å². The molecule has 2 rings (SSSR count). The van der Waals surface area contributed by atoms with Crippen LogP contribution >= 0.6 is 11.6 Å². The zero-order valence-corrected chi connectivity index (χ0v) is 15.7. The van der Waals surface area contributed by atoms with Gasteiger partial charge in [-0.25, -0.2) is 4.98 Å². The molecule has 1 aromatic heterocycles. The first-order valence-corrected chi connectivity index (χ1v) is 9.06. The molecule has 10 heteroatoms. The van der Waals surface area contributed by atoms with E-state index in [0.29, 0.717) is 57.7 Å². The molecule has 150 valence electrons. The molecule has 1 saturated heterocycles. The van der Waals surface area contributed by atoms with Gasteiger partial charge in [0.2, 0.25) is 11.8 Å². The van der Waals surface area contributed by atoms with Crippen LogP contribution in [-0.2, 0) is 15.8 Å². The Hall–Kier alpha value is -2.03. The molecule has 1 aliphatic heterocycles. The number of carbonyl (C=O) groups excluding carboxylic acids is 2. The van der Waals surface area contributed by atoms with Gasteiger partial charge in [-0.3, -0.25) is 9.59 Å². The number of nitrogens with one attached hydrogen (secondary N) is 1. The van der Waals surface area contributed by atoms with Gasteiger partial charge in [-0.2, -0.15) is 13.2 Å². The van der Waals surface area contributed by atoms with Crippen LogP contribution in [0.5, 0.6) is 0 Å². The molecule has 0 aliphatic carbocycles. The molecule has 2 heterocycles. The average Bonchev–Trinajstić information content (AvgIpc) is 2.64. The Bertz CT molecular complexity index is 677. The molecular formula is C17H22ClF3N4O2. The van der Waals surface area contributed by atoms with Gasteiger partial charge in [-0.1, -0.05) is 11.6 Å². The molecule has 0 aromatic carbocycles. The molecule has 2 amide bonds. The fourth-order valence-corrected chi connectivity index (χ4v) is 3.12. The lowest BCUT2D eigenvalue weighted by Crippen LogP contribution is -2.49. The van der Waals surface area contributed by atoms with Gasteiger partial charge in [0, 0.05) is 52.3 Å². The minimum Gasteiger partial charge on any atom is -0.359 e. The van der Waals surface area contributed by atoms with E-state index in [1.54, 1.807) is 16.8 Å². The smallest absolute Gasteiger partial charge is 0.359 e. The van der Waals surface area contributed by atoms with Gasteiger partial charge in [0.25, 0.3) is 0 Å². The number of nitrogens with zero attached hydrogens (tertiary/aromatic N) is 3. The van der Waals surface area contributed by atoms with Crippen molar-refractivity contribution >= 4 is 29.2 Å². The largest absolute Gasteiger partial charge is 0.417 e. The molecule has 1 aliphatic rings. The fourth-order valence-electron chi connectivity index (χ4n) is 2.83. The minimum absolute atomic E-state index is 0.0121. The standard InChI is InChI=1S/C17H22ClF3N4O2/c1-22-14(26)4-2-3-5-15(27)24-6-8-25(9-7-24)16-13(18)10-12(11-23-16)17(19,20)21/h10-11H,2-9H2,1H3,(H,22,26). The fraction of sp³-hybridized carbons (Fsp3) is 0.588. The highest BCUT2D eigenvalue weighted by molar-refractivity contribution is 6.33. The van der Waals surface area contributed by atoms with Crippen LogP contribution in [0.15, 0.2) is 12.3 Å². The van der Waals surface area contributed by atoms with E-state index in [1.807, 2.05) is 0 Å². The van der Waals surface area contributed by atoms with Gasteiger partial charge in [0.15, 0.2) is 0 Å². The molecular weight excluding hydrogens is 385 g/mol. The van der Waals surface area contributed by atoms with Crippen molar-refractivity contribution in [1.82, 2.24) is 15.2 Å². The molecule has 1 aromatic rings. The highest BCUT2D eigenvalue weighted by Gasteiger charge is 2.32. The van der Waals surface area contributed by atoms with E-state index < -0.39 is 11.7 Å². The number of hydrogen-bond acceptors (Lipinski definition) is 4. The van der Waals surface area contributed by atoms with Gasteiger partial charge < -0.3 is 15.1 Å². The summed E-state index contributed by atoms with van der Waals surface area (Å²) in [5, 5.41) is 2.48. The van der Waals surface area contributed by atoms with E-state index in [0.717, 1.165) is 12.3 Å². The van der Waals surface area contributed by atoms with Crippen molar-refractivity contribution in [3.8, 4) is 0 Å². The van der Waals surface area contributed by atoms with Crippen LogP contribution in [0.3, 0.4) is 0 Å². The molecule has 6 nitrogen and oxygen atoms in total. The Morgan fingerprint density at radius 1 is 1.19 bits per heavy atom. The van der Waals surface area contributed by atoms with Crippen molar-refractivity contribution in [1.29, 1.82) is 0 Å². The number of pyridine rings is 1. The molecule has 0 spiro atoms. The summed E-state index contributed by atoms with van der Waals surface area (Å²) in [6, 6.07) is 0.869. The first kappa shape index (κ1) is 21.3. The van der Waals surface area contributed by atoms with Gasteiger partial charge in [-0.15, -0.1) is 0 Å². The van der Waals surface area contributed by atoms with Crippen LogP contribution in [0.25, 0.3) is 0 Å². The highest BCUT2D eigenvalue weighted by atomic mass is 35.5. The Labute approximate surface area is 160 Å². The topological polar surface area (TPSA) is 65.5 Å². The van der Waals surface area contributed by atoms with E-state index in [2.05, 4.69) is 10.3 Å². The Morgan fingerprint density at radius 3 is 2.37 bits per heavy atom. The summed E-state index contributed by atoms with van der Waals surface area (Å²) >= 11 is 5.97. The Morgan fingerprint density at radius 2 is 1.81 bits per heavy atom. The Kier molecular flexibility index (Phi) is 7.29. The molecule has 1 N–H and O–H groups in total. The minimum atomic E-state index is -4.49. The number of hydrogen-bond donors (Lipinski definition) is 1.